The first-order valence-electron chi connectivity index (χ1n) is 6.28. The van der Waals surface area contributed by atoms with Gasteiger partial charge >= 0.3 is 0 Å². The lowest BCUT2D eigenvalue weighted by Crippen LogP contribution is -2.46. The molecule has 3 atom stereocenters. The van der Waals surface area contributed by atoms with Crippen LogP contribution in [0.15, 0.2) is 18.2 Å². The minimum Gasteiger partial charge on any atom is -0.508 e. The Morgan fingerprint density at radius 2 is 2.05 bits per heavy atom. The molecule has 4 nitrogen and oxygen atoms in total. The minimum atomic E-state index is -0.507. The molecule has 19 heavy (non-hydrogen) atoms. The Morgan fingerprint density at radius 3 is 2.63 bits per heavy atom. The Morgan fingerprint density at radius 1 is 1.42 bits per heavy atom. The van der Waals surface area contributed by atoms with Crippen molar-refractivity contribution in [3.05, 3.63) is 28.8 Å². The fraction of sp³-hybridized carbons (Fsp3) is 0.500. The van der Waals surface area contributed by atoms with E-state index in [4.69, 9.17) is 16.3 Å². The number of ether oxygens (including phenoxy) is 1. The van der Waals surface area contributed by atoms with Crippen molar-refractivity contribution in [2.75, 3.05) is 13.1 Å². The summed E-state index contributed by atoms with van der Waals surface area (Å²) in [6, 6.07) is 6.52. The molecule has 0 aliphatic carbocycles. The first kappa shape index (κ1) is 14.1. The number of hydrogen-bond donors (Lipinski definition) is 1. The summed E-state index contributed by atoms with van der Waals surface area (Å²) in [7, 11) is 0. The number of benzene rings is 1. The topological polar surface area (TPSA) is 56.5 Å². The zero-order valence-corrected chi connectivity index (χ0v) is 11.8. The molecule has 3 unspecified atom stereocenters. The van der Waals surface area contributed by atoms with Crippen molar-refractivity contribution in [2.45, 2.75) is 32.1 Å². The number of phenolic OH excluding ortho intramolecular Hbond substituents is 1. The molecule has 1 saturated heterocycles. The van der Waals surface area contributed by atoms with Gasteiger partial charge in [-0.3, -0.25) is 4.90 Å². The smallest absolute Gasteiger partial charge is 0.127 e. The molecule has 1 aliphatic rings. The van der Waals surface area contributed by atoms with Crippen LogP contribution in [-0.2, 0) is 4.74 Å². The molecule has 0 aromatic heterocycles. The summed E-state index contributed by atoms with van der Waals surface area (Å²) in [6.07, 6.45) is 0.141. The van der Waals surface area contributed by atoms with E-state index in [-0.39, 0.29) is 18.0 Å². The van der Waals surface area contributed by atoms with Crippen LogP contribution in [0.1, 0.15) is 25.5 Å². The summed E-state index contributed by atoms with van der Waals surface area (Å²) in [5, 5.41) is 19.9. The number of aromatic hydroxyl groups is 1. The molecule has 1 N–H and O–H groups in total. The maximum atomic E-state index is 9.93. The van der Waals surface area contributed by atoms with Crippen molar-refractivity contribution in [1.29, 1.82) is 5.26 Å². The van der Waals surface area contributed by atoms with Gasteiger partial charge in [-0.2, -0.15) is 5.26 Å². The van der Waals surface area contributed by atoms with Crippen LogP contribution in [0, 0.1) is 11.3 Å². The van der Waals surface area contributed by atoms with Crippen LogP contribution in [0.5, 0.6) is 5.75 Å². The molecule has 102 valence electrons. The molecule has 0 saturated carbocycles. The van der Waals surface area contributed by atoms with E-state index in [1.54, 1.807) is 12.1 Å². The number of halogens is 1. The van der Waals surface area contributed by atoms with Crippen LogP contribution in [0.4, 0.5) is 0 Å². The molecular formula is C14H17ClN2O2. The molecule has 0 bridgehead atoms. The summed E-state index contributed by atoms with van der Waals surface area (Å²) in [4.78, 5) is 2.02. The first-order chi connectivity index (χ1) is 9.01. The Kier molecular flexibility index (Phi) is 4.31. The van der Waals surface area contributed by atoms with Crippen LogP contribution < -0.4 is 0 Å². The molecule has 0 spiro atoms. The number of nitriles is 1. The largest absolute Gasteiger partial charge is 0.508 e. The van der Waals surface area contributed by atoms with Gasteiger partial charge in [0, 0.05) is 23.7 Å². The second-order valence-corrected chi connectivity index (χ2v) is 5.38. The quantitative estimate of drug-likeness (QED) is 0.905. The number of morpholine rings is 1. The maximum Gasteiger partial charge on any atom is 0.127 e. The van der Waals surface area contributed by atoms with Crippen LogP contribution in [-0.4, -0.2) is 35.3 Å². The third-order valence-corrected chi connectivity index (χ3v) is 3.45. The van der Waals surface area contributed by atoms with E-state index in [0.29, 0.717) is 23.7 Å². The number of nitrogens with zero attached hydrogens (tertiary/aromatic N) is 2. The zero-order valence-electron chi connectivity index (χ0n) is 11.0. The molecule has 1 fully saturated rings. The van der Waals surface area contributed by atoms with Gasteiger partial charge in [0.25, 0.3) is 0 Å². The average molecular weight is 281 g/mol. The van der Waals surface area contributed by atoms with E-state index >= 15 is 0 Å². The van der Waals surface area contributed by atoms with E-state index in [1.165, 1.54) is 6.07 Å². The van der Waals surface area contributed by atoms with Gasteiger partial charge in [-0.15, -0.1) is 0 Å². The highest BCUT2D eigenvalue weighted by Crippen LogP contribution is 2.32. The molecule has 1 aromatic rings. The van der Waals surface area contributed by atoms with Gasteiger partial charge in [0.15, 0.2) is 0 Å². The lowest BCUT2D eigenvalue weighted by molar-refractivity contribution is -0.0751. The van der Waals surface area contributed by atoms with Gasteiger partial charge in [0.1, 0.15) is 11.8 Å². The summed E-state index contributed by atoms with van der Waals surface area (Å²) in [6.45, 7) is 5.28. The molecule has 0 amide bonds. The van der Waals surface area contributed by atoms with Crippen molar-refractivity contribution in [3.63, 3.8) is 0 Å². The Hall–Kier alpha value is -1.28. The zero-order chi connectivity index (χ0) is 14.0. The summed E-state index contributed by atoms with van der Waals surface area (Å²) in [5.74, 6) is 0.0998. The molecular weight excluding hydrogens is 264 g/mol. The van der Waals surface area contributed by atoms with E-state index < -0.39 is 6.04 Å². The monoisotopic (exact) mass is 280 g/mol. The second kappa shape index (κ2) is 5.79. The lowest BCUT2D eigenvalue weighted by Gasteiger charge is -2.37. The van der Waals surface area contributed by atoms with E-state index in [2.05, 4.69) is 6.07 Å². The lowest BCUT2D eigenvalue weighted by atomic mass is 10.0. The van der Waals surface area contributed by atoms with Crippen molar-refractivity contribution >= 4 is 11.6 Å². The van der Waals surface area contributed by atoms with Gasteiger partial charge in [-0.1, -0.05) is 11.6 Å². The summed E-state index contributed by atoms with van der Waals surface area (Å²) < 4.78 is 5.66. The number of rotatable bonds is 2. The molecule has 2 rings (SSSR count). The van der Waals surface area contributed by atoms with E-state index in [0.717, 1.165) is 0 Å². The minimum absolute atomic E-state index is 0.0703. The fourth-order valence-electron chi connectivity index (χ4n) is 2.52. The Labute approximate surface area is 118 Å². The van der Waals surface area contributed by atoms with Gasteiger partial charge < -0.3 is 9.84 Å². The Balaban J connectivity index is 2.29. The maximum absolute atomic E-state index is 9.93. The predicted molar refractivity (Wildman–Crippen MR) is 73.1 cm³/mol. The normalized spacial score (nSPS) is 25.8. The van der Waals surface area contributed by atoms with Gasteiger partial charge in [0.2, 0.25) is 0 Å². The fourth-order valence-corrected chi connectivity index (χ4v) is 2.70. The molecule has 5 heteroatoms. The summed E-state index contributed by atoms with van der Waals surface area (Å²) in [5.41, 5.74) is 0.552. The number of hydrogen-bond acceptors (Lipinski definition) is 4. The van der Waals surface area contributed by atoms with Gasteiger partial charge in [-0.25, -0.2) is 0 Å². The van der Waals surface area contributed by atoms with Crippen molar-refractivity contribution < 1.29 is 9.84 Å². The van der Waals surface area contributed by atoms with Crippen molar-refractivity contribution in [2.24, 2.45) is 0 Å². The highest BCUT2D eigenvalue weighted by molar-refractivity contribution is 6.30. The second-order valence-electron chi connectivity index (χ2n) is 4.95. The van der Waals surface area contributed by atoms with Crippen LogP contribution in [0.3, 0.4) is 0 Å². The third kappa shape index (κ3) is 3.19. The average Bonchev–Trinajstić information content (AvgIpc) is 2.33. The van der Waals surface area contributed by atoms with Crippen LogP contribution >= 0.6 is 11.6 Å². The Bertz CT molecular complexity index is 491. The SMILES string of the molecule is CC1CN(C(C#N)c2cc(Cl)ccc2O)CC(C)O1. The predicted octanol–water partition coefficient (Wildman–Crippen LogP) is 2.72. The van der Waals surface area contributed by atoms with Crippen molar-refractivity contribution in [1.82, 2.24) is 4.90 Å². The molecule has 0 radical (unpaired) electrons. The summed E-state index contributed by atoms with van der Waals surface area (Å²) >= 11 is 5.95. The first-order valence-corrected chi connectivity index (χ1v) is 6.66. The highest BCUT2D eigenvalue weighted by atomic mass is 35.5. The van der Waals surface area contributed by atoms with Crippen LogP contribution in [0.25, 0.3) is 0 Å². The highest BCUT2D eigenvalue weighted by Gasteiger charge is 2.30. The molecule has 1 aromatic carbocycles. The van der Waals surface area contributed by atoms with Gasteiger partial charge in [-0.05, 0) is 32.0 Å². The van der Waals surface area contributed by atoms with Gasteiger partial charge in [0.05, 0.1) is 18.3 Å². The number of phenols is 1. The third-order valence-electron chi connectivity index (χ3n) is 3.22. The standard InChI is InChI=1S/C14H17ClN2O2/c1-9-7-17(8-10(2)19-9)13(6-16)12-5-11(15)3-4-14(12)18/h3-5,9-10,13,18H,7-8H2,1-2H3. The molecule has 1 heterocycles. The van der Waals surface area contributed by atoms with E-state index in [9.17, 15) is 10.4 Å². The van der Waals surface area contributed by atoms with Crippen LogP contribution in [0.2, 0.25) is 5.02 Å². The van der Waals surface area contributed by atoms with E-state index in [1.807, 2.05) is 18.7 Å². The van der Waals surface area contributed by atoms with Crippen molar-refractivity contribution in [3.8, 4) is 11.8 Å². The molecule has 1 aliphatic heterocycles.